The van der Waals surface area contributed by atoms with Crippen LogP contribution in [0.5, 0.6) is 0 Å². The van der Waals surface area contributed by atoms with Gasteiger partial charge < -0.3 is 10.5 Å². The summed E-state index contributed by atoms with van der Waals surface area (Å²) in [6, 6.07) is 0. The Morgan fingerprint density at radius 2 is 2.22 bits per heavy atom. The van der Waals surface area contributed by atoms with Gasteiger partial charge in [-0.15, -0.1) is 0 Å². The summed E-state index contributed by atoms with van der Waals surface area (Å²) in [4.78, 5) is 0. The van der Waals surface area contributed by atoms with E-state index in [9.17, 15) is 0 Å². The van der Waals surface area contributed by atoms with Crippen LogP contribution in [0.3, 0.4) is 0 Å². The second kappa shape index (κ2) is 2.30. The Hall–Kier alpha value is -1.32. The fourth-order valence-electron chi connectivity index (χ4n) is 0.502. The number of ether oxygens (including phenoxy) is 1. The van der Waals surface area contributed by atoms with E-state index in [0.717, 1.165) is 0 Å². The maximum absolute atomic E-state index is 5.34. The van der Waals surface area contributed by atoms with Crippen molar-refractivity contribution < 1.29 is 4.74 Å². The summed E-state index contributed by atoms with van der Waals surface area (Å²) < 4.78 is 4.83. The second-order valence-electron chi connectivity index (χ2n) is 1.61. The lowest BCUT2D eigenvalue weighted by atomic mass is 10.5. The molecule has 4 heteroatoms. The molecule has 0 saturated carbocycles. The van der Waals surface area contributed by atoms with Crippen molar-refractivity contribution in [3.63, 3.8) is 0 Å². The Morgan fingerprint density at radius 1 is 1.44 bits per heavy atom. The summed E-state index contributed by atoms with van der Waals surface area (Å²) in [7, 11) is 1.58. The third-order valence-corrected chi connectivity index (χ3v) is 0.964. The van der Waals surface area contributed by atoms with Crippen LogP contribution >= 0.6 is 0 Å². The summed E-state index contributed by atoms with van der Waals surface area (Å²) >= 11 is 0. The molecule has 1 heterocycles. The molecule has 0 aromatic carbocycles. The third-order valence-electron chi connectivity index (χ3n) is 0.964. The summed E-state index contributed by atoms with van der Waals surface area (Å²) in [5.74, 6) is 1.24. The van der Waals surface area contributed by atoms with E-state index in [2.05, 4.69) is 10.9 Å². The predicted octanol–water partition coefficient (Wildman–Crippen LogP) is -0.618. The zero-order valence-electron chi connectivity index (χ0n) is 5.14. The van der Waals surface area contributed by atoms with E-state index in [-0.39, 0.29) is 0 Å². The molecule has 0 bridgehead atoms. The lowest BCUT2D eigenvalue weighted by Gasteiger charge is -2.14. The summed E-state index contributed by atoms with van der Waals surface area (Å²) in [6.07, 6.45) is 3.46. The number of hydrogen-bond donors (Lipinski definition) is 3. The van der Waals surface area contributed by atoms with Crippen LogP contribution in [0.1, 0.15) is 0 Å². The minimum Gasteiger partial charge on any atom is -0.481 e. The highest BCUT2D eigenvalue weighted by Gasteiger charge is 1.97. The highest BCUT2D eigenvalue weighted by molar-refractivity contribution is 5.14. The number of allylic oxidation sites excluding steroid dienone is 2. The molecule has 0 atom stereocenters. The number of methoxy groups -OCH3 is 1. The third kappa shape index (κ3) is 1.28. The van der Waals surface area contributed by atoms with Crippen molar-refractivity contribution in [2.45, 2.75) is 0 Å². The molecule has 4 N–H and O–H groups in total. The molecule has 0 amide bonds. The topological polar surface area (TPSA) is 59.3 Å². The van der Waals surface area contributed by atoms with Crippen LogP contribution in [0.25, 0.3) is 0 Å². The first-order valence-corrected chi connectivity index (χ1v) is 2.56. The number of nitrogens with one attached hydrogen (secondary N) is 2. The van der Waals surface area contributed by atoms with Gasteiger partial charge in [0, 0.05) is 6.08 Å². The van der Waals surface area contributed by atoms with E-state index in [0.29, 0.717) is 11.7 Å². The lowest BCUT2D eigenvalue weighted by molar-refractivity contribution is 0.249. The van der Waals surface area contributed by atoms with Gasteiger partial charge in [0.25, 0.3) is 0 Å². The second-order valence-corrected chi connectivity index (χ2v) is 1.61. The Morgan fingerprint density at radius 3 is 2.67 bits per heavy atom. The zero-order valence-corrected chi connectivity index (χ0v) is 5.14. The fourth-order valence-corrected chi connectivity index (χ4v) is 0.502. The largest absolute Gasteiger partial charge is 0.481 e. The first kappa shape index (κ1) is 5.81. The number of hydrogen-bond acceptors (Lipinski definition) is 4. The monoisotopic (exact) mass is 127 g/mol. The summed E-state index contributed by atoms with van der Waals surface area (Å²) in [6.45, 7) is 0. The quantitative estimate of drug-likeness (QED) is 0.439. The Balaban J connectivity index is 2.59. The van der Waals surface area contributed by atoms with E-state index in [1.54, 1.807) is 19.3 Å². The van der Waals surface area contributed by atoms with Crippen molar-refractivity contribution in [2.24, 2.45) is 5.73 Å². The predicted molar refractivity (Wildman–Crippen MR) is 33.6 cm³/mol. The van der Waals surface area contributed by atoms with Crippen molar-refractivity contribution in [2.75, 3.05) is 7.11 Å². The van der Waals surface area contributed by atoms with Crippen LogP contribution < -0.4 is 16.6 Å². The molecule has 0 spiro atoms. The fraction of sp³-hybridized carbons (Fsp3) is 0.200. The Kier molecular flexibility index (Phi) is 1.48. The SMILES string of the molecule is COC1=CC=C(N)NN1. The minimum atomic E-state index is 0.579. The number of hydrazine groups is 1. The molecule has 0 aromatic rings. The van der Waals surface area contributed by atoms with Crippen LogP contribution in [-0.4, -0.2) is 7.11 Å². The molecule has 9 heavy (non-hydrogen) atoms. The van der Waals surface area contributed by atoms with Gasteiger partial charge in [-0.1, -0.05) is 0 Å². The Bertz CT molecular complexity index is 162. The van der Waals surface area contributed by atoms with Crippen LogP contribution in [0.15, 0.2) is 23.9 Å². The van der Waals surface area contributed by atoms with Gasteiger partial charge >= 0.3 is 0 Å². The molecule has 50 valence electrons. The normalized spacial score (nSPS) is 16.6. The van der Waals surface area contributed by atoms with Crippen molar-refractivity contribution in [3.8, 4) is 0 Å². The van der Waals surface area contributed by atoms with E-state index in [4.69, 9.17) is 10.5 Å². The maximum atomic E-state index is 5.34. The highest BCUT2D eigenvalue weighted by Crippen LogP contribution is 1.94. The molecule has 4 nitrogen and oxygen atoms in total. The average molecular weight is 127 g/mol. The van der Waals surface area contributed by atoms with Gasteiger partial charge in [-0.3, -0.25) is 10.9 Å². The van der Waals surface area contributed by atoms with Gasteiger partial charge in [-0.2, -0.15) is 0 Å². The molecule has 0 aromatic heterocycles. The first-order chi connectivity index (χ1) is 4.33. The molecule has 0 saturated heterocycles. The first-order valence-electron chi connectivity index (χ1n) is 2.56. The number of rotatable bonds is 1. The minimum absolute atomic E-state index is 0.579. The van der Waals surface area contributed by atoms with Crippen molar-refractivity contribution in [1.82, 2.24) is 10.9 Å². The molecular weight excluding hydrogens is 118 g/mol. The van der Waals surface area contributed by atoms with Crippen LogP contribution in [-0.2, 0) is 4.74 Å². The van der Waals surface area contributed by atoms with Gasteiger partial charge in [0.15, 0.2) is 0 Å². The van der Waals surface area contributed by atoms with E-state index in [1.807, 2.05) is 0 Å². The van der Waals surface area contributed by atoms with Crippen molar-refractivity contribution in [3.05, 3.63) is 23.9 Å². The van der Waals surface area contributed by atoms with Crippen LogP contribution in [0.4, 0.5) is 0 Å². The molecule has 0 radical (unpaired) electrons. The van der Waals surface area contributed by atoms with Gasteiger partial charge in [0.2, 0.25) is 5.88 Å². The number of nitrogens with two attached hydrogens (primary N) is 1. The van der Waals surface area contributed by atoms with Crippen LogP contribution in [0.2, 0.25) is 0 Å². The summed E-state index contributed by atoms with van der Waals surface area (Å²) in [5, 5.41) is 0. The van der Waals surface area contributed by atoms with E-state index < -0.39 is 0 Å². The van der Waals surface area contributed by atoms with Gasteiger partial charge in [0.1, 0.15) is 5.82 Å². The highest BCUT2D eigenvalue weighted by atomic mass is 16.5. The van der Waals surface area contributed by atoms with Crippen LogP contribution in [0, 0.1) is 0 Å². The van der Waals surface area contributed by atoms with Crippen molar-refractivity contribution >= 4 is 0 Å². The summed E-state index contributed by atoms with van der Waals surface area (Å²) in [5.41, 5.74) is 10.7. The van der Waals surface area contributed by atoms with E-state index >= 15 is 0 Å². The zero-order chi connectivity index (χ0) is 6.69. The molecule has 1 rings (SSSR count). The molecule has 0 unspecified atom stereocenters. The standard InChI is InChI=1S/C5H9N3O/c1-9-5-3-2-4(6)7-8-5/h2-3,7-8H,6H2,1H3. The van der Waals surface area contributed by atoms with Gasteiger partial charge in [0.05, 0.1) is 7.11 Å². The smallest absolute Gasteiger partial charge is 0.205 e. The Labute approximate surface area is 53.3 Å². The molecule has 0 aliphatic carbocycles. The van der Waals surface area contributed by atoms with Crippen molar-refractivity contribution in [1.29, 1.82) is 0 Å². The molecular formula is C5H9N3O. The maximum Gasteiger partial charge on any atom is 0.205 e. The molecule has 1 aliphatic heterocycles. The van der Waals surface area contributed by atoms with Gasteiger partial charge in [-0.25, -0.2) is 0 Å². The average Bonchev–Trinajstić information content (AvgIpc) is 1.90. The molecule has 0 fully saturated rings. The van der Waals surface area contributed by atoms with E-state index in [1.165, 1.54) is 0 Å². The lowest BCUT2D eigenvalue weighted by Crippen LogP contribution is -2.36. The van der Waals surface area contributed by atoms with Gasteiger partial charge in [-0.05, 0) is 6.08 Å². The molecule has 1 aliphatic rings.